The van der Waals surface area contributed by atoms with Crippen molar-refractivity contribution in [1.29, 1.82) is 0 Å². The fourth-order valence-corrected chi connectivity index (χ4v) is 1.59. The second kappa shape index (κ2) is 2.89. The number of hydrogen-bond donors (Lipinski definition) is 0. The van der Waals surface area contributed by atoms with Gasteiger partial charge in [0.1, 0.15) is 0 Å². The average Bonchev–Trinajstić information content (AvgIpc) is 2.10. The van der Waals surface area contributed by atoms with Crippen LogP contribution in [0.3, 0.4) is 0 Å². The summed E-state index contributed by atoms with van der Waals surface area (Å²) < 4.78 is 0. The minimum absolute atomic E-state index is 0.414. The molecule has 0 amide bonds. The van der Waals surface area contributed by atoms with Gasteiger partial charge in [0.2, 0.25) is 0 Å². The predicted octanol–water partition coefficient (Wildman–Crippen LogP) is 1.67. The molecule has 0 bridgehead atoms. The Bertz CT molecular complexity index is 114. The van der Waals surface area contributed by atoms with Gasteiger partial charge in [-0.1, -0.05) is 13.8 Å². The summed E-state index contributed by atoms with van der Waals surface area (Å²) >= 11 is 0. The summed E-state index contributed by atoms with van der Waals surface area (Å²) in [5.74, 6) is 0.704. The summed E-state index contributed by atoms with van der Waals surface area (Å²) in [5.41, 5.74) is 0. The summed E-state index contributed by atoms with van der Waals surface area (Å²) in [6, 6.07) is 0.620. The Morgan fingerprint density at radius 3 is 2.30 bits per heavy atom. The molecular weight excluding hydrogens is 126 g/mol. The molecule has 1 heterocycles. The van der Waals surface area contributed by atoms with Gasteiger partial charge in [0.05, 0.1) is 6.10 Å². The van der Waals surface area contributed by atoms with Gasteiger partial charge in [0.25, 0.3) is 0 Å². The third-order valence-electron chi connectivity index (χ3n) is 2.16. The molecule has 1 aliphatic rings. The molecule has 0 aromatic carbocycles. The van der Waals surface area contributed by atoms with Gasteiger partial charge in [0, 0.05) is 13.1 Å². The lowest BCUT2D eigenvalue weighted by Crippen LogP contribution is -2.28. The third kappa shape index (κ3) is 1.50. The van der Waals surface area contributed by atoms with E-state index in [0.717, 1.165) is 0 Å². The van der Waals surface area contributed by atoms with Gasteiger partial charge < -0.3 is 0 Å². The quantitative estimate of drug-likeness (QED) is 0.553. The molecule has 10 heavy (non-hydrogen) atoms. The van der Waals surface area contributed by atoms with E-state index in [4.69, 9.17) is 4.84 Å². The summed E-state index contributed by atoms with van der Waals surface area (Å²) in [6.07, 6.45) is 1.59. The number of hydroxylamine groups is 2. The molecular formula is C8H17NO. The first-order valence-corrected chi connectivity index (χ1v) is 4.01. The minimum atomic E-state index is 0.414. The van der Waals surface area contributed by atoms with Crippen molar-refractivity contribution in [3.63, 3.8) is 0 Å². The van der Waals surface area contributed by atoms with Crippen molar-refractivity contribution in [3.05, 3.63) is 0 Å². The van der Waals surface area contributed by atoms with Gasteiger partial charge in [-0.15, -0.1) is 0 Å². The Morgan fingerprint density at radius 1 is 1.50 bits per heavy atom. The van der Waals surface area contributed by atoms with Gasteiger partial charge in [-0.3, -0.25) is 4.84 Å². The molecule has 1 rings (SSSR count). The van der Waals surface area contributed by atoms with Crippen LogP contribution in [0.4, 0.5) is 0 Å². The van der Waals surface area contributed by atoms with Crippen molar-refractivity contribution in [2.75, 3.05) is 7.05 Å². The standard InChI is InChI=1S/C8H17NO/c1-6(2)8-5-7(3)10-9(8)4/h6-8H,5H2,1-4H3. The van der Waals surface area contributed by atoms with Crippen LogP contribution >= 0.6 is 0 Å². The Kier molecular flexibility index (Phi) is 2.32. The van der Waals surface area contributed by atoms with Gasteiger partial charge in [-0.05, 0) is 19.3 Å². The van der Waals surface area contributed by atoms with Crippen LogP contribution in [-0.4, -0.2) is 24.3 Å². The lowest BCUT2D eigenvalue weighted by molar-refractivity contribution is -0.143. The van der Waals surface area contributed by atoms with Gasteiger partial charge in [0.15, 0.2) is 0 Å². The van der Waals surface area contributed by atoms with Gasteiger partial charge in [-0.2, -0.15) is 5.06 Å². The molecule has 0 spiro atoms. The highest BCUT2D eigenvalue weighted by molar-refractivity contribution is 4.75. The van der Waals surface area contributed by atoms with Crippen molar-refractivity contribution in [2.45, 2.75) is 39.3 Å². The molecule has 0 radical (unpaired) electrons. The van der Waals surface area contributed by atoms with Crippen LogP contribution in [0.25, 0.3) is 0 Å². The first-order chi connectivity index (χ1) is 4.61. The highest BCUT2D eigenvalue weighted by Crippen LogP contribution is 2.24. The van der Waals surface area contributed by atoms with E-state index in [2.05, 4.69) is 20.8 Å². The van der Waals surface area contributed by atoms with Crippen molar-refractivity contribution in [2.24, 2.45) is 5.92 Å². The van der Waals surface area contributed by atoms with Crippen molar-refractivity contribution in [3.8, 4) is 0 Å². The van der Waals surface area contributed by atoms with E-state index in [0.29, 0.717) is 18.1 Å². The average molecular weight is 143 g/mol. The molecule has 1 fully saturated rings. The molecule has 60 valence electrons. The van der Waals surface area contributed by atoms with Crippen LogP contribution in [0.5, 0.6) is 0 Å². The van der Waals surface area contributed by atoms with E-state index in [1.54, 1.807) is 0 Å². The third-order valence-corrected chi connectivity index (χ3v) is 2.16. The van der Waals surface area contributed by atoms with E-state index in [1.807, 2.05) is 12.1 Å². The highest BCUT2D eigenvalue weighted by atomic mass is 16.7. The predicted molar refractivity (Wildman–Crippen MR) is 41.6 cm³/mol. The molecule has 0 aromatic rings. The first kappa shape index (κ1) is 8.02. The minimum Gasteiger partial charge on any atom is -0.296 e. The first-order valence-electron chi connectivity index (χ1n) is 4.01. The van der Waals surface area contributed by atoms with Crippen molar-refractivity contribution >= 4 is 0 Å². The van der Waals surface area contributed by atoms with Crippen LogP contribution in [0.2, 0.25) is 0 Å². The molecule has 2 heteroatoms. The van der Waals surface area contributed by atoms with E-state index in [9.17, 15) is 0 Å². The molecule has 0 aliphatic carbocycles. The Hall–Kier alpha value is -0.0800. The lowest BCUT2D eigenvalue weighted by Gasteiger charge is -2.20. The Morgan fingerprint density at radius 2 is 2.10 bits per heavy atom. The summed E-state index contributed by atoms with van der Waals surface area (Å²) in [6.45, 7) is 6.60. The molecule has 1 saturated heterocycles. The molecule has 0 N–H and O–H groups in total. The molecule has 2 unspecified atom stereocenters. The zero-order valence-corrected chi connectivity index (χ0v) is 7.29. The van der Waals surface area contributed by atoms with Crippen LogP contribution in [0, 0.1) is 5.92 Å². The molecule has 2 nitrogen and oxygen atoms in total. The zero-order valence-electron chi connectivity index (χ0n) is 7.29. The molecule has 0 aromatic heterocycles. The van der Waals surface area contributed by atoms with Gasteiger partial charge in [-0.25, -0.2) is 0 Å². The maximum absolute atomic E-state index is 5.47. The van der Waals surface area contributed by atoms with Crippen molar-refractivity contribution in [1.82, 2.24) is 5.06 Å². The number of rotatable bonds is 1. The fraction of sp³-hybridized carbons (Fsp3) is 1.00. The van der Waals surface area contributed by atoms with E-state index < -0.39 is 0 Å². The van der Waals surface area contributed by atoms with Crippen LogP contribution in [0.1, 0.15) is 27.2 Å². The summed E-state index contributed by atoms with van der Waals surface area (Å²) in [7, 11) is 2.02. The maximum atomic E-state index is 5.47. The fourth-order valence-electron chi connectivity index (χ4n) is 1.59. The second-order valence-electron chi connectivity index (χ2n) is 3.51. The maximum Gasteiger partial charge on any atom is 0.0781 e. The molecule has 1 aliphatic heterocycles. The van der Waals surface area contributed by atoms with Crippen LogP contribution in [-0.2, 0) is 4.84 Å². The topological polar surface area (TPSA) is 12.5 Å². The van der Waals surface area contributed by atoms with E-state index in [1.165, 1.54) is 6.42 Å². The normalized spacial score (nSPS) is 35.7. The van der Waals surface area contributed by atoms with Crippen LogP contribution in [0.15, 0.2) is 0 Å². The molecule has 2 atom stereocenters. The molecule has 0 saturated carbocycles. The van der Waals surface area contributed by atoms with Crippen LogP contribution < -0.4 is 0 Å². The smallest absolute Gasteiger partial charge is 0.0781 e. The van der Waals surface area contributed by atoms with Crippen molar-refractivity contribution < 1.29 is 4.84 Å². The second-order valence-corrected chi connectivity index (χ2v) is 3.51. The lowest BCUT2D eigenvalue weighted by atomic mass is 10.00. The number of nitrogens with zero attached hydrogens (tertiary/aromatic N) is 1. The van der Waals surface area contributed by atoms with E-state index in [-0.39, 0.29) is 0 Å². The zero-order chi connectivity index (χ0) is 7.72. The number of hydrogen-bond acceptors (Lipinski definition) is 2. The Labute approximate surface area is 63.1 Å². The highest BCUT2D eigenvalue weighted by Gasteiger charge is 2.29. The van der Waals surface area contributed by atoms with Gasteiger partial charge >= 0.3 is 0 Å². The summed E-state index contributed by atoms with van der Waals surface area (Å²) in [5, 5.41) is 2.00. The largest absolute Gasteiger partial charge is 0.296 e. The SMILES string of the molecule is CC1CC(C(C)C)N(C)O1. The monoisotopic (exact) mass is 143 g/mol. The van der Waals surface area contributed by atoms with E-state index >= 15 is 0 Å². The Balaban J connectivity index is 2.46. The summed E-state index contributed by atoms with van der Waals surface area (Å²) in [4.78, 5) is 5.47.